The van der Waals surface area contributed by atoms with E-state index in [0.29, 0.717) is 28.2 Å². The summed E-state index contributed by atoms with van der Waals surface area (Å²) in [5.74, 6) is -1.78. The molecule has 3 aromatic heterocycles. The zero-order chi connectivity index (χ0) is 23.8. The summed E-state index contributed by atoms with van der Waals surface area (Å²) in [6.07, 6.45) is -0.966. The van der Waals surface area contributed by atoms with Crippen molar-refractivity contribution in [1.82, 2.24) is 25.3 Å². The van der Waals surface area contributed by atoms with Gasteiger partial charge in [-0.05, 0) is 13.0 Å². The molecule has 4 heterocycles. The molecule has 4 rings (SSSR count). The molecule has 2 atom stereocenters. The molecule has 0 aromatic carbocycles. The van der Waals surface area contributed by atoms with Crippen LogP contribution >= 0.6 is 11.6 Å². The van der Waals surface area contributed by atoms with Crippen molar-refractivity contribution in [2.45, 2.75) is 31.7 Å². The number of anilines is 1. The number of aromatic amines is 1. The molecule has 1 aliphatic heterocycles. The molecule has 0 spiro atoms. The summed E-state index contributed by atoms with van der Waals surface area (Å²) in [6.45, 7) is 0.666. The molecular formula is C20H19ClF4N6O2. The molecule has 2 N–H and O–H groups in total. The van der Waals surface area contributed by atoms with Crippen molar-refractivity contribution in [2.24, 2.45) is 0 Å². The molecule has 13 heteroatoms. The zero-order valence-corrected chi connectivity index (χ0v) is 18.0. The number of carbonyl (C=O) groups is 1. The lowest BCUT2D eigenvalue weighted by molar-refractivity contribution is -0.139. The average Bonchev–Trinajstić information content (AvgIpc) is 3.36. The van der Waals surface area contributed by atoms with E-state index in [1.54, 1.807) is 19.2 Å². The first-order valence-electron chi connectivity index (χ1n) is 10.0. The molecule has 8 nitrogen and oxygen atoms in total. The van der Waals surface area contributed by atoms with Crippen LogP contribution in [0.4, 0.5) is 23.4 Å². The van der Waals surface area contributed by atoms with Gasteiger partial charge < -0.3 is 19.9 Å². The Kier molecular flexibility index (Phi) is 6.39. The van der Waals surface area contributed by atoms with E-state index >= 15 is 0 Å². The number of nitrogens with zero attached hydrogens (tertiary/aromatic N) is 4. The molecule has 1 aliphatic rings. The van der Waals surface area contributed by atoms with Gasteiger partial charge in [0.25, 0.3) is 0 Å². The second-order valence-corrected chi connectivity index (χ2v) is 7.87. The summed E-state index contributed by atoms with van der Waals surface area (Å²) in [7, 11) is 0. The maximum Gasteiger partial charge on any atom is 0.405 e. The van der Waals surface area contributed by atoms with Gasteiger partial charge in [-0.1, -0.05) is 11.6 Å². The molecule has 0 saturated carbocycles. The number of hydrogen-bond acceptors (Lipinski definition) is 6. The average molecular weight is 487 g/mol. The smallest absolute Gasteiger partial charge is 0.377 e. The number of halogens is 5. The largest absolute Gasteiger partial charge is 0.405 e. The summed E-state index contributed by atoms with van der Waals surface area (Å²) >= 11 is 6.03. The van der Waals surface area contributed by atoms with Gasteiger partial charge >= 0.3 is 6.18 Å². The Morgan fingerprint density at radius 3 is 2.88 bits per heavy atom. The van der Waals surface area contributed by atoms with Crippen molar-refractivity contribution in [2.75, 3.05) is 24.6 Å². The lowest BCUT2D eigenvalue weighted by Crippen LogP contribution is -2.46. The third-order valence-electron chi connectivity index (χ3n) is 5.17. The van der Waals surface area contributed by atoms with Gasteiger partial charge in [-0.15, -0.1) is 0 Å². The number of pyridine rings is 1. The number of fused-ring (bicyclic) bond motifs is 1. The normalized spacial score (nSPS) is 18.8. The lowest BCUT2D eigenvalue weighted by Gasteiger charge is -2.25. The van der Waals surface area contributed by atoms with Gasteiger partial charge in [0.15, 0.2) is 17.5 Å². The monoisotopic (exact) mass is 486 g/mol. The Labute approximate surface area is 190 Å². The maximum atomic E-state index is 14.8. The van der Waals surface area contributed by atoms with Crippen LogP contribution in [0.25, 0.3) is 22.4 Å². The zero-order valence-electron chi connectivity index (χ0n) is 17.3. The SMILES string of the molecule is CCOC1C[C@H](C(=O)NCC(F)(F)F)N(c2nc(-c3c[nH]c4ncc(Cl)cc34)ncc2F)C1. The van der Waals surface area contributed by atoms with Gasteiger partial charge in [-0.25, -0.2) is 19.3 Å². The summed E-state index contributed by atoms with van der Waals surface area (Å²) < 4.78 is 58.2. The molecule has 1 fully saturated rings. The number of alkyl halides is 3. The number of hydrogen-bond donors (Lipinski definition) is 2. The van der Waals surface area contributed by atoms with Gasteiger partial charge in [0, 0.05) is 42.9 Å². The van der Waals surface area contributed by atoms with Crippen LogP contribution in [0.5, 0.6) is 0 Å². The first-order chi connectivity index (χ1) is 15.7. The molecule has 176 valence electrons. The predicted octanol–water partition coefficient (Wildman–Crippen LogP) is 3.47. The summed E-state index contributed by atoms with van der Waals surface area (Å²) in [5, 5.41) is 2.85. The van der Waals surface area contributed by atoms with Gasteiger partial charge in [-0.3, -0.25) is 4.79 Å². The Bertz CT molecular complexity index is 1170. The number of rotatable bonds is 6. The van der Waals surface area contributed by atoms with E-state index in [4.69, 9.17) is 16.3 Å². The van der Waals surface area contributed by atoms with Gasteiger partial charge in [0.2, 0.25) is 5.91 Å². The summed E-state index contributed by atoms with van der Waals surface area (Å²) in [6, 6.07) is 0.552. The highest BCUT2D eigenvalue weighted by atomic mass is 35.5. The van der Waals surface area contributed by atoms with E-state index in [2.05, 4.69) is 19.9 Å². The van der Waals surface area contributed by atoms with Crippen LogP contribution in [0.15, 0.2) is 24.7 Å². The van der Waals surface area contributed by atoms with E-state index in [9.17, 15) is 22.4 Å². The lowest BCUT2D eigenvalue weighted by atomic mass is 10.2. The predicted molar refractivity (Wildman–Crippen MR) is 112 cm³/mol. The van der Waals surface area contributed by atoms with Crippen LogP contribution in [0.2, 0.25) is 5.02 Å². The number of nitrogens with one attached hydrogen (secondary N) is 2. The maximum absolute atomic E-state index is 14.8. The molecule has 1 saturated heterocycles. The number of amides is 1. The fraction of sp³-hybridized carbons (Fsp3) is 0.400. The molecular weight excluding hydrogens is 468 g/mol. The van der Waals surface area contributed by atoms with Crippen LogP contribution < -0.4 is 10.2 Å². The van der Waals surface area contributed by atoms with E-state index in [-0.39, 0.29) is 24.6 Å². The van der Waals surface area contributed by atoms with Crippen molar-refractivity contribution in [3.63, 3.8) is 0 Å². The van der Waals surface area contributed by atoms with E-state index in [0.717, 1.165) is 6.20 Å². The fourth-order valence-corrected chi connectivity index (χ4v) is 3.95. The quantitative estimate of drug-likeness (QED) is 0.518. The minimum atomic E-state index is -4.57. The van der Waals surface area contributed by atoms with Crippen LogP contribution in [-0.2, 0) is 9.53 Å². The second kappa shape index (κ2) is 9.10. The van der Waals surface area contributed by atoms with E-state index < -0.39 is 36.6 Å². The highest BCUT2D eigenvalue weighted by molar-refractivity contribution is 6.31. The molecule has 0 aliphatic carbocycles. The van der Waals surface area contributed by atoms with Gasteiger partial charge in [0.1, 0.15) is 18.2 Å². The summed E-state index contributed by atoms with van der Waals surface area (Å²) in [4.78, 5) is 29.3. The molecule has 1 amide bonds. The molecule has 3 aromatic rings. The van der Waals surface area contributed by atoms with Crippen molar-refractivity contribution < 1.29 is 27.1 Å². The van der Waals surface area contributed by atoms with Gasteiger partial charge in [-0.2, -0.15) is 13.2 Å². The molecule has 33 heavy (non-hydrogen) atoms. The van der Waals surface area contributed by atoms with Crippen molar-refractivity contribution in [1.29, 1.82) is 0 Å². The van der Waals surface area contributed by atoms with E-state index in [1.807, 2.05) is 5.32 Å². The number of H-pyrrole nitrogens is 1. The van der Waals surface area contributed by atoms with Crippen LogP contribution in [0, 0.1) is 5.82 Å². The Morgan fingerprint density at radius 1 is 1.36 bits per heavy atom. The number of aromatic nitrogens is 4. The minimum absolute atomic E-state index is 0.0760. The van der Waals surface area contributed by atoms with Gasteiger partial charge in [0.05, 0.1) is 17.3 Å². The first kappa shape index (κ1) is 23.2. The van der Waals surface area contributed by atoms with Crippen molar-refractivity contribution >= 4 is 34.4 Å². The topological polar surface area (TPSA) is 96.0 Å². The van der Waals surface area contributed by atoms with Crippen LogP contribution in [0.3, 0.4) is 0 Å². The third-order valence-corrected chi connectivity index (χ3v) is 5.37. The van der Waals surface area contributed by atoms with Crippen molar-refractivity contribution in [3.8, 4) is 11.4 Å². The summed E-state index contributed by atoms with van der Waals surface area (Å²) in [5.41, 5.74) is 1.02. The van der Waals surface area contributed by atoms with E-state index in [1.165, 1.54) is 11.1 Å². The van der Waals surface area contributed by atoms with Crippen molar-refractivity contribution in [3.05, 3.63) is 35.5 Å². The number of carbonyl (C=O) groups excluding carboxylic acids is 1. The Morgan fingerprint density at radius 2 is 2.15 bits per heavy atom. The number of ether oxygens (including phenoxy) is 1. The first-order valence-corrected chi connectivity index (χ1v) is 10.4. The second-order valence-electron chi connectivity index (χ2n) is 7.43. The molecule has 1 unspecified atom stereocenters. The minimum Gasteiger partial charge on any atom is -0.377 e. The standard InChI is InChI=1S/C20H19ClF4N6O2/c1-2-33-11-4-15(19(32)29-9-20(23,24)25)31(8-11)18-14(22)7-28-17(30-18)13-6-27-16-12(13)3-10(21)5-26-16/h3,5-7,11,15H,2,4,8-9H2,1H3,(H,26,27)(H,29,32)/t11?,15-/m1/s1. The Balaban J connectivity index is 1.69. The fourth-order valence-electron chi connectivity index (χ4n) is 3.79. The highest BCUT2D eigenvalue weighted by Crippen LogP contribution is 2.32. The molecule has 0 radical (unpaired) electrons. The van der Waals surface area contributed by atoms with Crippen LogP contribution in [-0.4, -0.2) is 63.9 Å². The molecule has 0 bridgehead atoms. The third kappa shape index (κ3) is 5.01. The highest BCUT2D eigenvalue weighted by Gasteiger charge is 2.40. The Hall–Kier alpha value is -2.99. The van der Waals surface area contributed by atoms with Crippen LogP contribution in [0.1, 0.15) is 13.3 Å².